The van der Waals surface area contributed by atoms with Crippen molar-refractivity contribution in [1.82, 2.24) is 5.32 Å². The van der Waals surface area contributed by atoms with Gasteiger partial charge in [-0.05, 0) is 20.3 Å². The van der Waals surface area contributed by atoms with E-state index in [-0.39, 0.29) is 11.9 Å². The van der Waals surface area contributed by atoms with E-state index in [4.69, 9.17) is 11.6 Å². The van der Waals surface area contributed by atoms with Gasteiger partial charge < -0.3 is 5.32 Å². The largest absolute Gasteiger partial charge is 0.352 e. The second-order valence-electron chi connectivity index (χ2n) is 3.17. The van der Waals surface area contributed by atoms with Gasteiger partial charge in [0.15, 0.2) is 0 Å². The van der Waals surface area contributed by atoms with E-state index in [1.807, 2.05) is 6.92 Å². The normalized spacial score (nSPS) is 15.3. The average Bonchev–Trinajstić information content (AvgIpc) is 2.00. The van der Waals surface area contributed by atoms with Crippen molar-refractivity contribution >= 4 is 17.5 Å². The van der Waals surface area contributed by atoms with Gasteiger partial charge in [-0.15, -0.1) is 11.6 Å². The number of halogens is 1. The zero-order chi connectivity index (χ0) is 9.56. The Balaban J connectivity index is 3.54. The van der Waals surface area contributed by atoms with Crippen molar-refractivity contribution in [3.63, 3.8) is 0 Å². The highest BCUT2D eigenvalue weighted by Crippen LogP contribution is 2.01. The van der Waals surface area contributed by atoms with Crippen LogP contribution in [0.25, 0.3) is 0 Å². The summed E-state index contributed by atoms with van der Waals surface area (Å²) in [4.78, 5) is 11.1. The minimum Gasteiger partial charge on any atom is -0.352 e. The van der Waals surface area contributed by atoms with Gasteiger partial charge >= 0.3 is 0 Å². The van der Waals surface area contributed by atoms with Crippen LogP contribution in [0.5, 0.6) is 0 Å². The molecule has 0 saturated heterocycles. The van der Waals surface area contributed by atoms with Crippen molar-refractivity contribution in [3.05, 3.63) is 0 Å². The van der Waals surface area contributed by atoms with Gasteiger partial charge in [-0.3, -0.25) is 4.79 Å². The Morgan fingerprint density at radius 2 is 2.08 bits per heavy atom. The van der Waals surface area contributed by atoms with E-state index in [2.05, 4.69) is 12.2 Å². The number of alkyl halides is 1. The first-order chi connectivity index (χ1) is 5.57. The Morgan fingerprint density at radius 3 is 2.50 bits per heavy atom. The van der Waals surface area contributed by atoms with Crippen LogP contribution in [0, 0.1) is 0 Å². The van der Waals surface area contributed by atoms with Gasteiger partial charge in [-0.25, -0.2) is 0 Å². The molecule has 2 unspecified atom stereocenters. The van der Waals surface area contributed by atoms with E-state index in [0.717, 1.165) is 19.3 Å². The van der Waals surface area contributed by atoms with Crippen molar-refractivity contribution in [2.24, 2.45) is 0 Å². The highest BCUT2D eigenvalue weighted by atomic mass is 35.5. The second-order valence-corrected chi connectivity index (χ2v) is 3.82. The molecule has 0 aromatic rings. The van der Waals surface area contributed by atoms with E-state index in [0.29, 0.717) is 0 Å². The fourth-order valence-electron chi connectivity index (χ4n) is 0.940. The number of unbranched alkanes of at least 4 members (excludes halogenated alkanes) is 1. The molecule has 0 rings (SSSR count). The maximum absolute atomic E-state index is 11.1. The summed E-state index contributed by atoms with van der Waals surface area (Å²) in [6, 6.07) is 0.249. The minimum absolute atomic E-state index is 0.0692. The molecule has 0 aliphatic rings. The Hall–Kier alpha value is -0.240. The molecule has 0 saturated carbocycles. The summed E-state index contributed by atoms with van der Waals surface area (Å²) in [5.74, 6) is -0.0692. The lowest BCUT2D eigenvalue weighted by molar-refractivity contribution is -0.121. The lowest BCUT2D eigenvalue weighted by Crippen LogP contribution is -2.36. The number of nitrogens with one attached hydrogen (secondary N) is 1. The quantitative estimate of drug-likeness (QED) is 0.664. The maximum atomic E-state index is 11.1. The molecule has 0 aromatic carbocycles. The minimum atomic E-state index is -0.422. The number of amides is 1. The van der Waals surface area contributed by atoms with E-state index in [1.165, 1.54) is 0 Å². The molecule has 0 aliphatic carbocycles. The van der Waals surface area contributed by atoms with Crippen molar-refractivity contribution in [1.29, 1.82) is 0 Å². The summed E-state index contributed by atoms with van der Waals surface area (Å²) < 4.78 is 0. The third kappa shape index (κ3) is 5.42. The van der Waals surface area contributed by atoms with Crippen LogP contribution in [-0.4, -0.2) is 17.3 Å². The van der Waals surface area contributed by atoms with Crippen LogP contribution in [0.1, 0.15) is 40.0 Å². The summed E-state index contributed by atoms with van der Waals surface area (Å²) in [6.07, 6.45) is 3.35. The van der Waals surface area contributed by atoms with Crippen LogP contribution < -0.4 is 5.32 Å². The lowest BCUT2D eigenvalue weighted by Gasteiger charge is -2.13. The molecule has 0 spiro atoms. The van der Waals surface area contributed by atoms with E-state index in [9.17, 15) is 4.79 Å². The van der Waals surface area contributed by atoms with E-state index in [1.54, 1.807) is 6.92 Å². The molecule has 2 nitrogen and oxygen atoms in total. The average molecular weight is 192 g/mol. The highest BCUT2D eigenvalue weighted by Gasteiger charge is 2.11. The number of carbonyl (C=O) groups excluding carboxylic acids is 1. The molecule has 0 fully saturated rings. The van der Waals surface area contributed by atoms with Crippen molar-refractivity contribution in [2.45, 2.75) is 51.5 Å². The van der Waals surface area contributed by atoms with Crippen molar-refractivity contribution in [2.75, 3.05) is 0 Å². The molecule has 12 heavy (non-hydrogen) atoms. The highest BCUT2D eigenvalue weighted by molar-refractivity contribution is 6.30. The summed E-state index contributed by atoms with van der Waals surface area (Å²) in [5, 5.41) is 2.42. The Labute approximate surface area is 79.7 Å². The molecule has 0 aliphatic heterocycles. The standard InChI is InChI=1S/C9H18ClNO/c1-4-5-6-7(2)11-9(12)8(3)10/h7-8H,4-6H2,1-3H3,(H,11,12). The maximum Gasteiger partial charge on any atom is 0.237 e. The predicted molar refractivity (Wildman–Crippen MR) is 52.4 cm³/mol. The van der Waals surface area contributed by atoms with Gasteiger partial charge in [0.1, 0.15) is 5.38 Å². The third-order valence-corrected chi connectivity index (χ3v) is 1.94. The second kappa shape index (κ2) is 6.30. The van der Waals surface area contributed by atoms with Gasteiger partial charge in [-0.1, -0.05) is 19.8 Å². The third-order valence-electron chi connectivity index (χ3n) is 1.74. The van der Waals surface area contributed by atoms with Crippen LogP contribution in [-0.2, 0) is 4.79 Å². The van der Waals surface area contributed by atoms with Gasteiger partial charge in [-0.2, -0.15) is 0 Å². The van der Waals surface area contributed by atoms with Gasteiger partial charge in [0.25, 0.3) is 0 Å². The van der Waals surface area contributed by atoms with Crippen LogP contribution in [0.4, 0.5) is 0 Å². The molecule has 72 valence electrons. The van der Waals surface area contributed by atoms with Gasteiger partial charge in [0, 0.05) is 6.04 Å². The first-order valence-electron chi connectivity index (χ1n) is 4.52. The number of hydrogen-bond acceptors (Lipinski definition) is 1. The summed E-state index contributed by atoms with van der Waals surface area (Å²) in [5.41, 5.74) is 0. The molecule has 3 heteroatoms. The van der Waals surface area contributed by atoms with Crippen LogP contribution in [0.15, 0.2) is 0 Å². The molecular weight excluding hydrogens is 174 g/mol. The number of hydrogen-bond donors (Lipinski definition) is 1. The lowest BCUT2D eigenvalue weighted by atomic mass is 10.1. The van der Waals surface area contributed by atoms with E-state index >= 15 is 0 Å². The van der Waals surface area contributed by atoms with Crippen LogP contribution >= 0.6 is 11.6 Å². The molecule has 2 atom stereocenters. The van der Waals surface area contributed by atoms with Crippen LogP contribution in [0.3, 0.4) is 0 Å². The monoisotopic (exact) mass is 191 g/mol. The Morgan fingerprint density at radius 1 is 1.50 bits per heavy atom. The first-order valence-corrected chi connectivity index (χ1v) is 4.96. The molecule has 0 bridgehead atoms. The summed E-state index contributed by atoms with van der Waals surface area (Å²) >= 11 is 5.59. The fraction of sp³-hybridized carbons (Fsp3) is 0.889. The Kier molecular flexibility index (Phi) is 6.17. The fourth-order valence-corrected chi connectivity index (χ4v) is 1.00. The molecular formula is C9H18ClNO. The first kappa shape index (κ1) is 11.8. The van der Waals surface area contributed by atoms with Crippen molar-refractivity contribution in [3.8, 4) is 0 Å². The molecule has 1 N–H and O–H groups in total. The van der Waals surface area contributed by atoms with Crippen molar-refractivity contribution < 1.29 is 4.79 Å². The van der Waals surface area contributed by atoms with Crippen LogP contribution in [0.2, 0.25) is 0 Å². The summed E-state index contributed by atoms with van der Waals surface area (Å²) in [6.45, 7) is 5.83. The zero-order valence-electron chi connectivity index (χ0n) is 8.06. The SMILES string of the molecule is CCCCC(C)NC(=O)C(C)Cl. The molecule has 0 radical (unpaired) electrons. The number of carbonyl (C=O) groups is 1. The molecule has 1 amide bonds. The number of rotatable bonds is 5. The van der Waals surface area contributed by atoms with Gasteiger partial charge in [0.2, 0.25) is 5.91 Å². The smallest absolute Gasteiger partial charge is 0.237 e. The zero-order valence-corrected chi connectivity index (χ0v) is 8.82. The predicted octanol–water partition coefficient (Wildman–Crippen LogP) is 2.31. The molecule has 0 heterocycles. The topological polar surface area (TPSA) is 29.1 Å². The van der Waals surface area contributed by atoms with E-state index < -0.39 is 5.38 Å². The Bertz CT molecular complexity index is 136. The molecule has 0 aromatic heterocycles. The van der Waals surface area contributed by atoms with Gasteiger partial charge in [0.05, 0.1) is 0 Å². The summed E-state index contributed by atoms with van der Waals surface area (Å²) in [7, 11) is 0.